The number of hydrogen-bond donors (Lipinski definition) is 1. The number of amides is 1. The van der Waals surface area contributed by atoms with Crippen LogP contribution in [0, 0.1) is 0 Å². The smallest absolute Gasteiger partial charge is 0.251 e. The summed E-state index contributed by atoms with van der Waals surface area (Å²) < 4.78 is 0. The molecule has 138 valence electrons. The molecule has 1 saturated heterocycles. The molecule has 0 aliphatic carbocycles. The predicted molar refractivity (Wildman–Crippen MR) is 109 cm³/mol. The van der Waals surface area contributed by atoms with E-state index in [9.17, 15) is 4.79 Å². The van der Waals surface area contributed by atoms with Crippen molar-refractivity contribution in [3.05, 3.63) is 72.1 Å². The zero-order valence-electron chi connectivity index (χ0n) is 15.6. The largest absolute Gasteiger partial charge is 0.368 e. The lowest BCUT2D eigenvalue weighted by atomic mass is 10.0. The molecule has 5 nitrogen and oxygen atoms in total. The quantitative estimate of drug-likeness (QED) is 0.777. The van der Waals surface area contributed by atoms with Crippen LogP contribution in [0.2, 0.25) is 0 Å². The summed E-state index contributed by atoms with van der Waals surface area (Å²) in [6.45, 7) is 4.63. The van der Waals surface area contributed by atoms with Gasteiger partial charge in [-0.05, 0) is 48.3 Å². The minimum atomic E-state index is -0.0538. The van der Waals surface area contributed by atoms with Crippen LogP contribution in [0.4, 0.5) is 5.69 Å². The minimum absolute atomic E-state index is 0.0538. The van der Waals surface area contributed by atoms with Gasteiger partial charge in [0.2, 0.25) is 0 Å². The summed E-state index contributed by atoms with van der Waals surface area (Å²) in [5, 5.41) is 5.30. The highest BCUT2D eigenvalue weighted by atomic mass is 16.1. The van der Waals surface area contributed by atoms with Crippen LogP contribution < -0.4 is 10.2 Å². The van der Waals surface area contributed by atoms with E-state index in [1.807, 2.05) is 30.3 Å². The summed E-state index contributed by atoms with van der Waals surface area (Å²) in [4.78, 5) is 21.4. The van der Waals surface area contributed by atoms with E-state index < -0.39 is 0 Å². The van der Waals surface area contributed by atoms with Crippen molar-refractivity contribution >= 4 is 22.4 Å². The number of rotatable bonds is 4. The Balaban J connectivity index is 1.57. The Kier molecular flexibility index (Phi) is 5.03. The van der Waals surface area contributed by atoms with Gasteiger partial charge in [0.25, 0.3) is 5.91 Å². The molecule has 0 bridgehead atoms. The van der Waals surface area contributed by atoms with Crippen LogP contribution in [0.3, 0.4) is 0 Å². The van der Waals surface area contributed by atoms with Gasteiger partial charge in [0, 0.05) is 61.8 Å². The normalized spacial score (nSPS) is 15.1. The SMILES string of the molecule is CN1CCN(c2cccc3ccc(C(=O)NCc4ccncc4)cc23)CC1. The number of pyridine rings is 1. The molecule has 2 heterocycles. The van der Waals surface area contributed by atoms with E-state index in [4.69, 9.17) is 0 Å². The first-order chi connectivity index (χ1) is 13.2. The van der Waals surface area contributed by atoms with E-state index >= 15 is 0 Å². The van der Waals surface area contributed by atoms with Gasteiger partial charge >= 0.3 is 0 Å². The number of nitrogens with one attached hydrogen (secondary N) is 1. The highest BCUT2D eigenvalue weighted by Crippen LogP contribution is 2.28. The van der Waals surface area contributed by atoms with Gasteiger partial charge in [0.15, 0.2) is 0 Å². The zero-order chi connectivity index (χ0) is 18.6. The maximum Gasteiger partial charge on any atom is 0.251 e. The Morgan fingerprint density at radius 1 is 1.04 bits per heavy atom. The number of benzene rings is 2. The number of likely N-dealkylation sites (N-methyl/N-ethyl adjacent to an activating group) is 1. The van der Waals surface area contributed by atoms with Gasteiger partial charge in [0.05, 0.1) is 0 Å². The van der Waals surface area contributed by atoms with Crippen molar-refractivity contribution in [2.45, 2.75) is 6.54 Å². The van der Waals surface area contributed by atoms with E-state index in [2.05, 4.69) is 45.3 Å². The van der Waals surface area contributed by atoms with Crippen LogP contribution in [0.15, 0.2) is 60.9 Å². The molecule has 0 saturated carbocycles. The Bertz CT molecular complexity index is 933. The monoisotopic (exact) mass is 360 g/mol. The molecule has 0 atom stereocenters. The van der Waals surface area contributed by atoms with Crippen LogP contribution in [-0.4, -0.2) is 49.0 Å². The van der Waals surface area contributed by atoms with E-state index in [0.29, 0.717) is 12.1 Å². The Labute approximate surface area is 159 Å². The van der Waals surface area contributed by atoms with Crippen LogP contribution in [0.5, 0.6) is 0 Å². The standard InChI is InChI=1S/C22H24N4O/c1-25-11-13-26(14-12-25)21-4-2-3-18-5-6-19(15-20(18)21)22(27)24-16-17-7-9-23-10-8-17/h2-10,15H,11-14,16H2,1H3,(H,24,27). The lowest BCUT2D eigenvalue weighted by Gasteiger charge is -2.34. The van der Waals surface area contributed by atoms with E-state index in [0.717, 1.165) is 42.5 Å². The lowest BCUT2D eigenvalue weighted by Crippen LogP contribution is -2.44. The van der Waals surface area contributed by atoms with Gasteiger partial charge < -0.3 is 15.1 Å². The summed E-state index contributed by atoms with van der Waals surface area (Å²) >= 11 is 0. The van der Waals surface area contributed by atoms with E-state index in [1.54, 1.807) is 12.4 Å². The molecule has 3 aromatic rings. The molecule has 27 heavy (non-hydrogen) atoms. The number of carbonyl (C=O) groups excluding carboxylic acids is 1. The number of piperazine rings is 1. The van der Waals surface area contributed by atoms with Crippen molar-refractivity contribution < 1.29 is 4.79 Å². The molecular formula is C22H24N4O. The molecule has 1 amide bonds. The molecule has 1 fully saturated rings. The van der Waals surface area contributed by atoms with Gasteiger partial charge in [0.1, 0.15) is 0 Å². The molecule has 4 rings (SSSR count). The molecular weight excluding hydrogens is 336 g/mol. The third-order valence-electron chi connectivity index (χ3n) is 5.17. The zero-order valence-corrected chi connectivity index (χ0v) is 15.6. The predicted octanol–water partition coefficient (Wildman–Crippen LogP) is 2.92. The third kappa shape index (κ3) is 3.93. The molecule has 2 aromatic carbocycles. The van der Waals surface area contributed by atoms with Crippen LogP contribution >= 0.6 is 0 Å². The van der Waals surface area contributed by atoms with Crippen molar-refractivity contribution in [2.24, 2.45) is 0 Å². The number of nitrogens with zero attached hydrogens (tertiary/aromatic N) is 3. The number of hydrogen-bond acceptors (Lipinski definition) is 4. The van der Waals surface area contributed by atoms with Crippen LogP contribution in [0.1, 0.15) is 15.9 Å². The highest BCUT2D eigenvalue weighted by molar-refractivity contribution is 6.02. The molecule has 0 radical (unpaired) electrons. The van der Waals surface area contributed by atoms with Crippen molar-refractivity contribution in [3.63, 3.8) is 0 Å². The third-order valence-corrected chi connectivity index (χ3v) is 5.17. The molecule has 5 heteroatoms. The Morgan fingerprint density at radius 3 is 2.59 bits per heavy atom. The number of carbonyl (C=O) groups is 1. The van der Waals surface area contributed by atoms with E-state index in [-0.39, 0.29) is 5.91 Å². The molecule has 1 aromatic heterocycles. The average molecular weight is 360 g/mol. The maximum absolute atomic E-state index is 12.6. The summed E-state index contributed by atoms with van der Waals surface area (Å²) in [7, 11) is 2.16. The molecule has 0 unspecified atom stereocenters. The fourth-order valence-corrected chi connectivity index (χ4v) is 3.51. The number of aromatic nitrogens is 1. The second-order valence-electron chi connectivity index (χ2n) is 7.04. The topological polar surface area (TPSA) is 48.5 Å². The number of fused-ring (bicyclic) bond motifs is 1. The average Bonchev–Trinajstić information content (AvgIpc) is 2.72. The summed E-state index contributed by atoms with van der Waals surface area (Å²) in [5.74, 6) is -0.0538. The van der Waals surface area contributed by atoms with Gasteiger partial charge in [-0.3, -0.25) is 9.78 Å². The molecule has 1 aliphatic heterocycles. The van der Waals surface area contributed by atoms with Gasteiger partial charge in [-0.2, -0.15) is 0 Å². The first-order valence-electron chi connectivity index (χ1n) is 9.34. The highest BCUT2D eigenvalue weighted by Gasteiger charge is 2.17. The first-order valence-corrected chi connectivity index (χ1v) is 9.34. The fourth-order valence-electron chi connectivity index (χ4n) is 3.51. The van der Waals surface area contributed by atoms with Gasteiger partial charge in [-0.1, -0.05) is 18.2 Å². The number of anilines is 1. The first kappa shape index (κ1) is 17.5. The van der Waals surface area contributed by atoms with Crippen molar-refractivity contribution in [2.75, 3.05) is 38.1 Å². The van der Waals surface area contributed by atoms with Gasteiger partial charge in [-0.25, -0.2) is 0 Å². The Morgan fingerprint density at radius 2 is 1.81 bits per heavy atom. The summed E-state index contributed by atoms with van der Waals surface area (Å²) in [5.41, 5.74) is 2.94. The second kappa shape index (κ2) is 7.76. The summed E-state index contributed by atoms with van der Waals surface area (Å²) in [6, 6.07) is 16.1. The van der Waals surface area contributed by atoms with Crippen LogP contribution in [-0.2, 0) is 6.54 Å². The van der Waals surface area contributed by atoms with Crippen molar-refractivity contribution in [3.8, 4) is 0 Å². The van der Waals surface area contributed by atoms with Crippen molar-refractivity contribution in [1.82, 2.24) is 15.2 Å². The van der Waals surface area contributed by atoms with Crippen LogP contribution in [0.25, 0.3) is 10.8 Å². The molecule has 0 spiro atoms. The molecule has 1 aliphatic rings. The minimum Gasteiger partial charge on any atom is -0.368 e. The molecule has 1 N–H and O–H groups in total. The summed E-state index contributed by atoms with van der Waals surface area (Å²) in [6.07, 6.45) is 3.47. The van der Waals surface area contributed by atoms with E-state index in [1.165, 1.54) is 5.69 Å². The fraction of sp³-hybridized carbons (Fsp3) is 0.273. The second-order valence-corrected chi connectivity index (χ2v) is 7.04. The maximum atomic E-state index is 12.6. The van der Waals surface area contributed by atoms with Crippen molar-refractivity contribution in [1.29, 1.82) is 0 Å². The lowest BCUT2D eigenvalue weighted by molar-refractivity contribution is 0.0951. The Hall–Kier alpha value is -2.92. The van der Waals surface area contributed by atoms with Gasteiger partial charge in [-0.15, -0.1) is 0 Å².